The van der Waals surface area contributed by atoms with Crippen molar-refractivity contribution in [2.24, 2.45) is 5.92 Å². The zero-order chi connectivity index (χ0) is 16.2. The highest BCUT2D eigenvalue weighted by atomic mass is 16.2. The van der Waals surface area contributed by atoms with Crippen molar-refractivity contribution in [3.63, 3.8) is 0 Å². The quantitative estimate of drug-likeness (QED) is 0.862. The fourth-order valence-electron chi connectivity index (χ4n) is 4.81. The van der Waals surface area contributed by atoms with Crippen molar-refractivity contribution in [1.29, 1.82) is 0 Å². The van der Waals surface area contributed by atoms with Crippen LogP contribution < -0.4 is 5.32 Å². The average Bonchev–Trinajstić information content (AvgIpc) is 2.55. The monoisotopic (exact) mass is 321 g/mol. The molecule has 0 aromatic carbocycles. The van der Waals surface area contributed by atoms with Gasteiger partial charge in [0.1, 0.15) is 0 Å². The van der Waals surface area contributed by atoms with E-state index in [1.165, 1.54) is 38.5 Å². The first kappa shape index (κ1) is 16.7. The molecule has 1 aliphatic carbocycles. The Morgan fingerprint density at radius 3 is 2.57 bits per heavy atom. The summed E-state index contributed by atoms with van der Waals surface area (Å²) in [5.74, 6) is 1.08. The molecule has 5 heteroatoms. The van der Waals surface area contributed by atoms with Crippen molar-refractivity contribution in [3.8, 4) is 0 Å². The number of nitrogens with one attached hydrogen (secondary N) is 1. The number of carbonyl (C=O) groups excluding carboxylic acids is 2. The van der Waals surface area contributed by atoms with Crippen LogP contribution in [0.25, 0.3) is 0 Å². The summed E-state index contributed by atoms with van der Waals surface area (Å²) in [7, 11) is 0. The van der Waals surface area contributed by atoms with Crippen molar-refractivity contribution in [2.75, 3.05) is 26.2 Å². The Kier molecular flexibility index (Phi) is 5.57. The lowest BCUT2D eigenvalue weighted by Gasteiger charge is -2.44. The molecule has 2 amide bonds. The van der Waals surface area contributed by atoms with E-state index in [9.17, 15) is 9.59 Å². The molecule has 2 heterocycles. The zero-order valence-electron chi connectivity index (χ0n) is 14.4. The number of likely N-dealkylation sites (tertiary alicyclic amines) is 2. The Morgan fingerprint density at radius 1 is 1.00 bits per heavy atom. The third-order valence-corrected chi connectivity index (χ3v) is 5.88. The fourth-order valence-corrected chi connectivity index (χ4v) is 4.81. The van der Waals surface area contributed by atoms with Crippen molar-refractivity contribution in [1.82, 2.24) is 15.1 Å². The topological polar surface area (TPSA) is 52.7 Å². The van der Waals surface area contributed by atoms with Gasteiger partial charge < -0.3 is 10.2 Å². The molecule has 130 valence electrons. The molecule has 3 rings (SSSR count). The summed E-state index contributed by atoms with van der Waals surface area (Å²) in [6.07, 6.45) is 9.87. The third kappa shape index (κ3) is 4.25. The van der Waals surface area contributed by atoms with Gasteiger partial charge in [-0.1, -0.05) is 12.8 Å². The molecule has 0 radical (unpaired) electrons. The highest BCUT2D eigenvalue weighted by molar-refractivity contribution is 5.79. The van der Waals surface area contributed by atoms with Crippen molar-refractivity contribution in [2.45, 2.75) is 70.4 Å². The standard InChI is InChI=1S/C18H31N3O2/c1-14(22)19-16-8-5-11-21(12-16)18(23)13-20-10-4-7-15-6-2-3-9-17(15)20/h15-17H,2-13H2,1H3,(H,19,22)/t15-,16+,17+/m0/s1. The van der Waals surface area contributed by atoms with E-state index in [4.69, 9.17) is 0 Å². The summed E-state index contributed by atoms with van der Waals surface area (Å²) in [5.41, 5.74) is 0. The zero-order valence-corrected chi connectivity index (χ0v) is 14.4. The number of hydrogen-bond donors (Lipinski definition) is 1. The molecule has 23 heavy (non-hydrogen) atoms. The predicted molar refractivity (Wildman–Crippen MR) is 90.0 cm³/mol. The number of rotatable bonds is 3. The molecular weight excluding hydrogens is 290 g/mol. The minimum absolute atomic E-state index is 0.00498. The van der Waals surface area contributed by atoms with Crippen molar-refractivity contribution < 1.29 is 9.59 Å². The van der Waals surface area contributed by atoms with Gasteiger partial charge in [0.25, 0.3) is 0 Å². The van der Waals surface area contributed by atoms with Gasteiger partial charge in [-0.3, -0.25) is 14.5 Å². The van der Waals surface area contributed by atoms with Gasteiger partial charge in [0, 0.05) is 32.1 Å². The van der Waals surface area contributed by atoms with Crippen LogP contribution in [0, 0.1) is 5.92 Å². The summed E-state index contributed by atoms with van der Waals surface area (Å²) < 4.78 is 0. The second kappa shape index (κ2) is 7.65. The number of fused-ring (bicyclic) bond motifs is 1. The van der Waals surface area contributed by atoms with Gasteiger partial charge in [-0.25, -0.2) is 0 Å². The highest BCUT2D eigenvalue weighted by Gasteiger charge is 2.35. The summed E-state index contributed by atoms with van der Waals surface area (Å²) in [4.78, 5) is 28.4. The Labute approximate surface area is 139 Å². The van der Waals surface area contributed by atoms with E-state index < -0.39 is 0 Å². The maximum absolute atomic E-state index is 12.7. The van der Waals surface area contributed by atoms with Gasteiger partial charge in [0.15, 0.2) is 0 Å². The predicted octanol–water partition coefficient (Wildman–Crippen LogP) is 1.77. The van der Waals surface area contributed by atoms with Crippen LogP contribution in [0.2, 0.25) is 0 Å². The molecule has 0 aromatic rings. The van der Waals surface area contributed by atoms with Crippen LogP contribution in [0.1, 0.15) is 58.3 Å². The molecule has 0 bridgehead atoms. The Hall–Kier alpha value is -1.10. The van der Waals surface area contributed by atoms with E-state index in [1.807, 2.05) is 4.90 Å². The lowest BCUT2D eigenvalue weighted by atomic mass is 9.78. The maximum atomic E-state index is 12.7. The van der Waals surface area contributed by atoms with Crippen LogP contribution in [-0.4, -0.2) is 59.9 Å². The van der Waals surface area contributed by atoms with E-state index in [-0.39, 0.29) is 17.9 Å². The first-order valence-electron chi connectivity index (χ1n) is 9.42. The maximum Gasteiger partial charge on any atom is 0.236 e. The lowest BCUT2D eigenvalue weighted by Crippen LogP contribution is -2.54. The van der Waals surface area contributed by atoms with Crippen LogP contribution in [0.3, 0.4) is 0 Å². The molecule has 0 unspecified atom stereocenters. The molecule has 2 aliphatic heterocycles. The molecular formula is C18H31N3O2. The molecule has 5 nitrogen and oxygen atoms in total. The fraction of sp³-hybridized carbons (Fsp3) is 0.889. The number of nitrogens with zero attached hydrogens (tertiary/aromatic N) is 2. The van der Waals surface area contributed by atoms with Crippen LogP contribution in [0.4, 0.5) is 0 Å². The Morgan fingerprint density at radius 2 is 1.74 bits per heavy atom. The Balaban J connectivity index is 1.54. The van der Waals surface area contributed by atoms with E-state index in [2.05, 4.69) is 10.2 Å². The van der Waals surface area contributed by atoms with E-state index >= 15 is 0 Å². The summed E-state index contributed by atoms with van der Waals surface area (Å²) >= 11 is 0. The number of piperidine rings is 2. The smallest absolute Gasteiger partial charge is 0.236 e. The van der Waals surface area contributed by atoms with E-state index in [1.54, 1.807) is 6.92 Å². The largest absolute Gasteiger partial charge is 0.352 e. The number of hydrogen-bond acceptors (Lipinski definition) is 3. The van der Waals surface area contributed by atoms with Crippen LogP contribution >= 0.6 is 0 Å². The average molecular weight is 321 g/mol. The SMILES string of the molecule is CC(=O)N[C@@H]1CCCN(C(=O)CN2CCC[C@@H]3CCCC[C@H]32)C1. The van der Waals surface area contributed by atoms with Gasteiger partial charge in [-0.15, -0.1) is 0 Å². The van der Waals surface area contributed by atoms with Gasteiger partial charge in [0.2, 0.25) is 11.8 Å². The lowest BCUT2D eigenvalue weighted by molar-refractivity contribution is -0.136. The van der Waals surface area contributed by atoms with Crippen molar-refractivity contribution in [3.05, 3.63) is 0 Å². The van der Waals surface area contributed by atoms with Crippen LogP contribution in [0.5, 0.6) is 0 Å². The van der Waals surface area contributed by atoms with Crippen LogP contribution in [0.15, 0.2) is 0 Å². The normalized spacial score (nSPS) is 32.2. The van der Waals surface area contributed by atoms with Gasteiger partial charge >= 0.3 is 0 Å². The molecule has 1 N–H and O–H groups in total. The second-order valence-corrected chi connectivity index (χ2v) is 7.60. The molecule has 0 aromatic heterocycles. The van der Waals surface area contributed by atoms with E-state index in [0.717, 1.165) is 31.8 Å². The first-order chi connectivity index (χ1) is 11.1. The van der Waals surface area contributed by atoms with E-state index in [0.29, 0.717) is 19.1 Å². The molecule has 0 spiro atoms. The first-order valence-corrected chi connectivity index (χ1v) is 9.42. The van der Waals surface area contributed by atoms with Gasteiger partial charge in [0.05, 0.1) is 6.54 Å². The van der Waals surface area contributed by atoms with Gasteiger partial charge in [-0.2, -0.15) is 0 Å². The van der Waals surface area contributed by atoms with Crippen LogP contribution in [-0.2, 0) is 9.59 Å². The Bertz CT molecular complexity index is 438. The third-order valence-electron chi connectivity index (χ3n) is 5.88. The molecule has 2 saturated heterocycles. The molecule has 3 fully saturated rings. The molecule has 3 aliphatic rings. The minimum atomic E-state index is 0.00498. The van der Waals surface area contributed by atoms with Crippen molar-refractivity contribution >= 4 is 11.8 Å². The second-order valence-electron chi connectivity index (χ2n) is 7.60. The highest BCUT2D eigenvalue weighted by Crippen LogP contribution is 2.35. The molecule has 3 atom stereocenters. The number of amides is 2. The summed E-state index contributed by atoms with van der Waals surface area (Å²) in [6, 6.07) is 0.770. The number of carbonyl (C=O) groups is 2. The summed E-state index contributed by atoms with van der Waals surface area (Å²) in [5, 5.41) is 2.97. The molecule has 1 saturated carbocycles. The minimum Gasteiger partial charge on any atom is -0.352 e. The summed E-state index contributed by atoms with van der Waals surface area (Å²) in [6.45, 7) is 4.73. The van der Waals surface area contributed by atoms with Gasteiger partial charge in [-0.05, 0) is 51.0 Å².